The number of anilines is 2. The molecule has 0 bridgehead atoms. The first-order valence-corrected chi connectivity index (χ1v) is 11.8. The molecule has 2 heterocycles. The molecule has 2 aromatic rings. The van der Waals surface area contributed by atoms with Gasteiger partial charge in [-0.15, -0.1) is 0 Å². The average molecular weight is 438 g/mol. The Hall–Kier alpha value is -2.43. The molecular formula is C19H23N3O5S2. The van der Waals surface area contributed by atoms with Gasteiger partial charge in [-0.2, -0.15) is 11.3 Å². The zero-order valence-electron chi connectivity index (χ0n) is 16.2. The first kappa shape index (κ1) is 21.3. The van der Waals surface area contributed by atoms with E-state index in [1.165, 1.54) is 22.8 Å². The number of hydrogen-bond donors (Lipinski definition) is 2. The number of carbonyl (C=O) groups is 2. The van der Waals surface area contributed by atoms with Crippen LogP contribution in [0.3, 0.4) is 0 Å². The van der Waals surface area contributed by atoms with Crippen molar-refractivity contribution in [2.75, 3.05) is 36.1 Å². The SMILES string of the molecule is CO[C@@H](CNC(=O)C(=O)Nc1ccc2c(c1)N(S(C)(=O)=O)CCC2)c1ccsc1. The zero-order valence-corrected chi connectivity index (χ0v) is 17.8. The Kier molecular flexibility index (Phi) is 6.56. The molecule has 1 aromatic carbocycles. The van der Waals surface area contributed by atoms with Gasteiger partial charge in [0, 0.05) is 25.9 Å². The molecule has 8 nitrogen and oxygen atoms in total. The topological polar surface area (TPSA) is 105 Å². The Balaban J connectivity index is 1.65. The number of fused-ring (bicyclic) bond motifs is 1. The summed E-state index contributed by atoms with van der Waals surface area (Å²) in [6, 6.07) is 6.92. The van der Waals surface area contributed by atoms with E-state index in [-0.39, 0.29) is 12.6 Å². The number of hydrogen-bond acceptors (Lipinski definition) is 6. The molecule has 0 saturated heterocycles. The minimum atomic E-state index is -3.42. The highest BCUT2D eigenvalue weighted by atomic mass is 32.2. The summed E-state index contributed by atoms with van der Waals surface area (Å²) in [4.78, 5) is 24.4. The molecule has 0 aliphatic carbocycles. The second-order valence-electron chi connectivity index (χ2n) is 6.73. The van der Waals surface area contributed by atoms with Crippen molar-refractivity contribution < 1.29 is 22.7 Å². The van der Waals surface area contributed by atoms with Crippen molar-refractivity contribution in [3.05, 3.63) is 46.2 Å². The molecular weight excluding hydrogens is 414 g/mol. The number of rotatable bonds is 6. The van der Waals surface area contributed by atoms with Crippen LogP contribution in [0.4, 0.5) is 11.4 Å². The van der Waals surface area contributed by atoms with E-state index in [0.717, 1.165) is 30.2 Å². The molecule has 2 N–H and O–H groups in total. The molecule has 0 radical (unpaired) electrons. The summed E-state index contributed by atoms with van der Waals surface area (Å²) in [7, 11) is -1.88. The molecule has 1 aliphatic rings. The van der Waals surface area contributed by atoms with Gasteiger partial charge >= 0.3 is 11.8 Å². The number of aryl methyl sites for hydroxylation is 1. The average Bonchev–Trinajstić information content (AvgIpc) is 3.21. The van der Waals surface area contributed by atoms with Crippen LogP contribution >= 0.6 is 11.3 Å². The van der Waals surface area contributed by atoms with Crippen LogP contribution in [0.1, 0.15) is 23.7 Å². The summed E-state index contributed by atoms with van der Waals surface area (Å²) >= 11 is 1.52. The van der Waals surface area contributed by atoms with Crippen molar-refractivity contribution in [3.63, 3.8) is 0 Å². The third-order valence-corrected chi connectivity index (χ3v) is 6.55. The summed E-state index contributed by atoms with van der Waals surface area (Å²) in [5.41, 5.74) is 2.71. The van der Waals surface area contributed by atoms with Crippen LogP contribution in [0, 0.1) is 0 Å². The maximum absolute atomic E-state index is 12.3. The zero-order chi connectivity index (χ0) is 21.0. The first-order valence-electron chi connectivity index (χ1n) is 9.04. The lowest BCUT2D eigenvalue weighted by Crippen LogP contribution is -2.38. The number of benzene rings is 1. The van der Waals surface area contributed by atoms with Gasteiger partial charge in [-0.25, -0.2) is 8.42 Å². The number of thiophene rings is 1. The monoisotopic (exact) mass is 437 g/mol. The highest BCUT2D eigenvalue weighted by Crippen LogP contribution is 2.31. The summed E-state index contributed by atoms with van der Waals surface area (Å²) < 4.78 is 30.7. The Bertz CT molecular complexity index is 989. The van der Waals surface area contributed by atoms with Crippen molar-refractivity contribution in [3.8, 4) is 0 Å². The van der Waals surface area contributed by atoms with Crippen molar-refractivity contribution in [2.45, 2.75) is 18.9 Å². The Labute approximate surface area is 173 Å². The van der Waals surface area contributed by atoms with E-state index in [2.05, 4.69) is 10.6 Å². The van der Waals surface area contributed by atoms with Crippen LogP contribution in [0.2, 0.25) is 0 Å². The molecule has 29 heavy (non-hydrogen) atoms. The van der Waals surface area contributed by atoms with Crippen LogP contribution in [-0.2, 0) is 30.8 Å². The molecule has 10 heteroatoms. The number of amides is 2. The maximum atomic E-state index is 12.3. The predicted molar refractivity (Wildman–Crippen MR) is 113 cm³/mol. The summed E-state index contributed by atoms with van der Waals surface area (Å²) in [6.07, 6.45) is 2.31. The number of carbonyl (C=O) groups excluding carboxylic acids is 2. The molecule has 0 saturated carbocycles. The Morgan fingerprint density at radius 2 is 2.07 bits per heavy atom. The van der Waals surface area contributed by atoms with Gasteiger partial charge in [-0.3, -0.25) is 13.9 Å². The van der Waals surface area contributed by atoms with Gasteiger partial charge < -0.3 is 15.4 Å². The third kappa shape index (κ3) is 5.14. The van der Waals surface area contributed by atoms with Crippen LogP contribution in [-0.4, -0.2) is 46.7 Å². The molecule has 156 valence electrons. The van der Waals surface area contributed by atoms with E-state index in [9.17, 15) is 18.0 Å². The second kappa shape index (κ2) is 8.93. The predicted octanol–water partition coefficient (Wildman–Crippen LogP) is 1.90. The number of nitrogens with zero attached hydrogens (tertiary/aromatic N) is 1. The first-order chi connectivity index (χ1) is 13.8. The lowest BCUT2D eigenvalue weighted by Gasteiger charge is -2.29. The van der Waals surface area contributed by atoms with Crippen molar-refractivity contribution in [2.24, 2.45) is 0 Å². The van der Waals surface area contributed by atoms with E-state index >= 15 is 0 Å². The molecule has 2 amide bonds. The molecule has 0 spiro atoms. The standard InChI is InChI=1S/C19H23N3O5S2/c1-27-17(14-7-9-28-12-14)11-20-18(23)19(24)21-15-6-5-13-4-3-8-22(16(13)10-15)29(2,25)26/h5-7,9-10,12,17H,3-4,8,11H2,1-2H3,(H,20,23)(H,21,24)/t17-/m0/s1. The fourth-order valence-corrected chi connectivity index (χ4v) is 4.90. The van der Waals surface area contributed by atoms with E-state index in [1.807, 2.05) is 16.8 Å². The summed E-state index contributed by atoms with van der Waals surface area (Å²) in [5, 5.41) is 8.91. The van der Waals surface area contributed by atoms with Gasteiger partial charge in [0.2, 0.25) is 10.0 Å². The summed E-state index contributed by atoms with van der Waals surface area (Å²) in [5.74, 6) is -1.62. The van der Waals surface area contributed by atoms with E-state index in [4.69, 9.17) is 4.74 Å². The van der Waals surface area contributed by atoms with Crippen molar-refractivity contribution >= 4 is 44.5 Å². The number of methoxy groups -OCH3 is 1. The Morgan fingerprint density at radius 3 is 2.72 bits per heavy atom. The highest BCUT2D eigenvalue weighted by Gasteiger charge is 2.25. The van der Waals surface area contributed by atoms with Crippen LogP contribution in [0.5, 0.6) is 0 Å². The van der Waals surface area contributed by atoms with Crippen LogP contribution in [0.15, 0.2) is 35.0 Å². The van der Waals surface area contributed by atoms with Crippen LogP contribution in [0.25, 0.3) is 0 Å². The minimum Gasteiger partial charge on any atom is -0.375 e. The lowest BCUT2D eigenvalue weighted by atomic mass is 10.0. The fraction of sp³-hybridized carbons (Fsp3) is 0.368. The molecule has 3 rings (SSSR count). The van der Waals surface area contributed by atoms with Crippen molar-refractivity contribution in [1.82, 2.24) is 5.32 Å². The van der Waals surface area contributed by atoms with E-state index in [0.29, 0.717) is 17.9 Å². The van der Waals surface area contributed by atoms with Gasteiger partial charge in [0.1, 0.15) is 6.10 Å². The number of ether oxygens (including phenoxy) is 1. The van der Waals surface area contributed by atoms with E-state index in [1.54, 1.807) is 18.2 Å². The van der Waals surface area contributed by atoms with Crippen molar-refractivity contribution in [1.29, 1.82) is 0 Å². The largest absolute Gasteiger partial charge is 0.375 e. The molecule has 1 aromatic heterocycles. The molecule has 1 atom stereocenters. The highest BCUT2D eigenvalue weighted by molar-refractivity contribution is 7.92. The second-order valence-corrected chi connectivity index (χ2v) is 9.41. The quantitative estimate of drug-likeness (QED) is 0.672. The van der Waals surface area contributed by atoms with Crippen LogP contribution < -0.4 is 14.9 Å². The van der Waals surface area contributed by atoms with Gasteiger partial charge in [-0.1, -0.05) is 6.07 Å². The molecule has 0 unspecified atom stereocenters. The fourth-order valence-electron chi connectivity index (χ4n) is 3.21. The third-order valence-electron chi connectivity index (χ3n) is 4.67. The number of sulfonamides is 1. The Morgan fingerprint density at radius 1 is 1.28 bits per heavy atom. The van der Waals surface area contributed by atoms with Gasteiger partial charge in [0.25, 0.3) is 0 Å². The maximum Gasteiger partial charge on any atom is 0.313 e. The molecule has 0 fully saturated rings. The van der Waals surface area contributed by atoms with Gasteiger partial charge in [0.05, 0.1) is 11.9 Å². The normalized spacial score (nSPS) is 14.8. The minimum absolute atomic E-state index is 0.158. The lowest BCUT2D eigenvalue weighted by molar-refractivity contribution is -0.136. The molecule has 1 aliphatic heterocycles. The summed E-state index contributed by atoms with van der Waals surface area (Å²) in [6.45, 7) is 0.552. The van der Waals surface area contributed by atoms with E-state index < -0.39 is 21.8 Å². The van der Waals surface area contributed by atoms with Gasteiger partial charge in [-0.05, 0) is 52.9 Å². The van der Waals surface area contributed by atoms with Gasteiger partial charge in [0.15, 0.2) is 0 Å². The number of nitrogens with one attached hydrogen (secondary N) is 2. The smallest absolute Gasteiger partial charge is 0.313 e.